The van der Waals surface area contributed by atoms with Crippen LogP contribution in [0.25, 0.3) is 0 Å². The minimum Gasteiger partial charge on any atom is -0.355 e. The Balaban J connectivity index is 2.01. The zero-order valence-electron chi connectivity index (χ0n) is 12.4. The van der Waals surface area contributed by atoms with Gasteiger partial charge in [0.1, 0.15) is 0 Å². The summed E-state index contributed by atoms with van der Waals surface area (Å²) in [6.07, 6.45) is 4.06. The van der Waals surface area contributed by atoms with Crippen LogP contribution >= 0.6 is 11.6 Å². The lowest BCUT2D eigenvalue weighted by Crippen LogP contribution is -2.38. The molecule has 2 rings (SSSR count). The molecule has 1 aromatic rings. The van der Waals surface area contributed by atoms with E-state index in [4.69, 9.17) is 11.6 Å². The van der Waals surface area contributed by atoms with Crippen LogP contribution in [0.1, 0.15) is 50.2 Å². The molecule has 3 heteroatoms. The van der Waals surface area contributed by atoms with E-state index in [0.717, 1.165) is 25.7 Å². The molecule has 0 spiro atoms. The van der Waals surface area contributed by atoms with Crippen molar-refractivity contribution < 1.29 is 4.79 Å². The summed E-state index contributed by atoms with van der Waals surface area (Å²) in [6, 6.07) is 8.33. The number of nitrogens with one attached hydrogen (secondary N) is 1. The third-order valence-electron chi connectivity index (χ3n) is 4.20. The van der Waals surface area contributed by atoms with Crippen molar-refractivity contribution in [2.45, 2.75) is 45.4 Å². The zero-order valence-corrected chi connectivity index (χ0v) is 13.2. The predicted octanol–water partition coefficient (Wildman–Crippen LogP) is 3.88. The van der Waals surface area contributed by atoms with E-state index in [-0.39, 0.29) is 17.2 Å². The number of halogens is 1. The minimum atomic E-state index is 0.0201. The highest BCUT2D eigenvalue weighted by atomic mass is 35.5. The molecule has 0 heterocycles. The van der Waals surface area contributed by atoms with Crippen molar-refractivity contribution in [3.05, 3.63) is 35.4 Å². The van der Waals surface area contributed by atoms with Crippen LogP contribution < -0.4 is 5.32 Å². The summed E-state index contributed by atoms with van der Waals surface area (Å²) in [4.78, 5) is 12.5. The molecule has 1 unspecified atom stereocenters. The molecular weight excluding hydrogens is 270 g/mol. The molecule has 1 aromatic carbocycles. The summed E-state index contributed by atoms with van der Waals surface area (Å²) in [5, 5.41) is 3.12. The fraction of sp³-hybridized carbons (Fsp3) is 0.588. The number of amides is 1. The van der Waals surface area contributed by atoms with Crippen molar-refractivity contribution in [1.29, 1.82) is 0 Å². The third kappa shape index (κ3) is 3.76. The van der Waals surface area contributed by atoms with Gasteiger partial charge >= 0.3 is 0 Å². The molecule has 0 radical (unpaired) electrons. The lowest BCUT2D eigenvalue weighted by molar-refractivity contribution is -0.123. The van der Waals surface area contributed by atoms with Crippen LogP contribution in [0.3, 0.4) is 0 Å². The highest BCUT2D eigenvalue weighted by Crippen LogP contribution is 2.31. The maximum Gasteiger partial charge on any atom is 0.227 e. The normalized spacial score (nSPS) is 18.4. The second-order valence-corrected chi connectivity index (χ2v) is 6.84. The lowest BCUT2D eigenvalue weighted by atomic mass is 9.82. The zero-order chi connectivity index (χ0) is 14.6. The van der Waals surface area contributed by atoms with Crippen LogP contribution in [0, 0.1) is 5.41 Å². The molecule has 2 nitrogen and oxygen atoms in total. The second-order valence-electron chi connectivity index (χ2n) is 6.46. The molecule has 1 aliphatic carbocycles. The Morgan fingerprint density at radius 1 is 1.40 bits per heavy atom. The molecule has 0 aromatic heterocycles. The van der Waals surface area contributed by atoms with Crippen LogP contribution in [0.4, 0.5) is 0 Å². The number of carbonyl (C=O) groups is 1. The van der Waals surface area contributed by atoms with Crippen LogP contribution in [0.5, 0.6) is 0 Å². The Kier molecular flexibility index (Phi) is 5.09. The van der Waals surface area contributed by atoms with Crippen molar-refractivity contribution in [1.82, 2.24) is 5.32 Å². The van der Waals surface area contributed by atoms with Gasteiger partial charge in [-0.2, -0.15) is 0 Å². The molecule has 1 amide bonds. The van der Waals surface area contributed by atoms with Crippen molar-refractivity contribution >= 4 is 17.5 Å². The average molecular weight is 294 g/mol. The topological polar surface area (TPSA) is 29.1 Å². The first-order valence-corrected chi connectivity index (χ1v) is 7.98. The maximum absolute atomic E-state index is 12.5. The molecule has 0 bridgehead atoms. The van der Waals surface area contributed by atoms with Gasteiger partial charge in [0.05, 0.1) is 5.92 Å². The van der Waals surface area contributed by atoms with E-state index >= 15 is 0 Å². The number of rotatable bonds is 5. The summed E-state index contributed by atoms with van der Waals surface area (Å²) >= 11 is 5.80. The van der Waals surface area contributed by atoms with Gasteiger partial charge in [-0.3, -0.25) is 4.79 Å². The van der Waals surface area contributed by atoms with Crippen LogP contribution in [0.2, 0.25) is 0 Å². The quantitative estimate of drug-likeness (QED) is 0.820. The molecule has 1 aliphatic rings. The number of hydrogen-bond acceptors (Lipinski definition) is 1. The van der Waals surface area contributed by atoms with Crippen LogP contribution in [-0.2, 0) is 11.2 Å². The molecule has 110 valence electrons. The molecular formula is C17H24ClNO. The Morgan fingerprint density at radius 3 is 2.90 bits per heavy atom. The molecule has 0 saturated carbocycles. The summed E-state index contributed by atoms with van der Waals surface area (Å²) < 4.78 is 0. The molecule has 0 saturated heterocycles. The van der Waals surface area contributed by atoms with E-state index in [1.165, 1.54) is 11.1 Å². The number of benzene rings is 1. The Hall–Kier alpha value is -1.02. The fourth-order valence-corrected chi connectivity index (χ4v) is 3.33. The summed E-state index contributed by atoms with van der Waals surface area (Å²) in [7, 11) is 0. The van der Waals surface area contributed by atoms with E-state index in [1.807, 2.05) is 6.07 Å². The first kappa shape index (κ1) is 15.4. The van der Waals surface area contributed by atoms with E-state index in [1.54, 1.807) is 0 Å². The van der Waals surface area contributed by atoms with E-state index in [2.05, 4.69) is 37.4 Å². The van der Waals surface area contributed by atoms with Crippen LogP contribution in [-0.4, -0.2) is 18.3 Å². The van der Waals surface area contributed by atoms with Crippen molar-refractivity contribution in [3.8, 4) is 0 Å². The highest BCUT2D eigenvalue weighted by Gasteiger charge is 2.27. The molecule has 1 atom stereocenters. The monoisotopic (exact) mass is 293 g/mol. The SMILES string of the molecule is CC(C)(CCCl)CNC(=O)C1CCCc2ccccc21. The molecule has 20 heavy (non-hydrogen) atoms. The van der Waals surface area contributed by atoms with E-state index in [9.17, 15) is 4.79 Å². The van der Waals surface area contributed by atoms with Gasteiger partial charge in [0.15, 0.2) is 0 Å². The fourth-order valence-electron chi connectivity index (χ4n) is 2.82. The van der Waals surface area contributed by atoms with Gasteiger partial charge in [-0.25, -0.2) is 0 Å². The number of hydrogen-bond donors (Lipinski definition) is 1. The molecule has 1 N–H and O–H groups in total. The number of fused-ring (bicyclic) bond motifs is 1. The van der Waals surface area contributed by atoms with Crippen molar-refractivity contribution in [3.63, 3.8) is 0 Å². The van der Waals surface area contributed by atoms with Crippen molar-refractivity contribution in [2.75, 3.05) is 12.4 Å². The van der Waals surface area contributed by atoms with Gasteiger partial charge in [0.2, 0.25) is 5.91 Å². The number of carbonyl (C=O) groups excluding carboxylic acids is 1. The summed E-state index contributed by atoms with van der Waals surface area (Å²) in [6.45, 7) is 4.98. The van der Waals surface area contributed by atoms with Gasteiger partial charge in [0.25, 0.3) is 0 Å². The first-order valence-electron chi connectivity index (χ1n) is 7.45. The first-order chi connectivity index (χ1) is 9.53. The van der Waals surface area contributed by atoms with E-state index in [0.29, 0.717) is 12.4 Å². The van der Waals surface area contributed by atoms with E-state index < -0.39 is 0 Å². The standard InChI is InChI=1S/C17H24ClNO/c1-17(2,10-11-18)12-19-16(20)15-9-5-7-13-6-3-4-8-14(13)15/h3-4,6,8,15H,5,7,9-12H2,1-2H3,(H,19,20). The van der Waals surface area contributed by atoms with Gasteiger partial charge < -0.3 is 5.32 Å². The predicted molar refractivity (Wildman–Crippen MR) is 84.2 cm³/mol. The minimum absolute atomic E-state index is 0.0201. The van der Waals surface area contributed by atoms with Gasteiger partial charge in [-0.15, -0.1) is 11.6 Å². The number of aryl methyl sites for hydroxylation is 1. The Morgan fingerprint density at radius 2 is 2.15 bits per heavy atom. The molecule has 0 fully saturated rings. The average Bonchev–Trinajstić information content (AvgIpc) is 2.44. The molecule has 0 aliphatic heterocycles. The van der Waals surface area contributed by atoms with Gasteiger partial charge in [0, 0.05) is 12.4 Å². The third-order valence-corrected chi connectivity index (χ3v) is 4.39. The summed E-state index contributed by atoms with van der Waals surface area (Å²) in [5.74, 6) is 0.821. The van der Waals surface area contributed by atoms with Crippen LogP contribution in [0.15, 0.2) is 24.3 Å². The lowest BCUT2D eigenvalue weighted by Gasteiger charge is -2.28. The Labute approximate surface area is 126 Å². The maximum atomic E-state index is 12.5. The van der Waals surface area contributed by atoms with Crippen molar-refractivity contribution in [2.24, 2.45) is 5.41 Å². The number of alkyl halides is 1. The Bertz CT molecular complexity index is 470. The largest absolute Gasteiger partial charge is 0.355 e. The summed E-state index contributed by atoms with van der Waals surface area (Å²) in [5.41, 5.74) is 2.61. The van der Waals surface area contributed by atoms with Gasteiger partial charge in [-0.05, 0) is 42.2 Å². The van der Waals surface area contributed by atoms with Gasteiger partial charge in [-0.1, -0.05) is 38.1 Å². The smallest absolute Gasteiger partial charge is 0.227 e. The highest BCUT2D eigenvalue weighted by molar-refractivity contribution is 6.17. The second kappa shape index (κ2) is 6.62.